The van der Waals surface area contributed by atoms with Crippen molar-refractivity contribution in [2.24, 2.45) is 46.3 Å². The number of amides is 1. The van der Waals surface area contributed by atoms with Crippen LogP contribution >= 0.6 is 7.82 Å². The fourth-order valence-corrected chi connectivity index (χ4v) is 10.4. The van der Waals surface area contributed by atoms with Gasteiger partial charge in [0, 0.05) is 13.0 Å². The predicted molar refractivity (Wildman–Crippen MR) is 138 cm³/mol. The predicted octanol–water partition coefficient (Wildman–Crippen LogP) is 1.20. The molecule has 0 aromatic carbocycles. The van der Waals surface area contributed by atoms with Gasteiger partial charge in [-0.15, -0.1) is 0 Å². The third-order valence-corrected chi connectivity index (χ3v) is 12.4. The van der Waals surface area contributed by atoms with Crippen LogP contribution in [-0.4, -0.2) is 47.1 Å². The number of rotatable bonds is 9. The molecule has 4 aliphatic rings. The number of phosphoric ester groups is 1. The van der Waals surface area contributed by atoms with E-state index in [2.05, 4.69) is 26.1 Å². The van der Waals surface area contributed by atoms with Crippen LogP contribution in [0.1, 0.15) is 91.4 Å². The molecule has 0 heterocycles. The summed E-state index contributed by atoms with van der Waals surface area (Å²) in [5.74, 6) is 2.66. The summed E-state index contributed by atoms with van der Waals surface area (Å²) in [6.45, 7) is 7.02. The number of carbonyl (C=O) groups is 1. The maximum atomic E-state index is 12.2. The summed E-state index contributed by atoms with van der Waals surface area (Å²) in [7, 11) is -8.78. The first kappa shape index (κ1) is 33.0. The zero-order valence-electron chi connectivity index (χ0n) is 23.4. The van der Waals surface area contributed by atoms with Crippen LogP contribution in [0, 0.1) is 46.3 Å². The van der Waals surface area contributed by atoms with Crippen LogP contribution in [0.25, 0.3) is 0 Å². The standard InChI is InChI=1S/C26H46NO8PS.Na/c1-17(4-9-24(28)27-14-15-37(32,33)34)21-7-8-22-20-6-5-18-16-19(35-36(29,30)31)10-12-25(18,2)23(20)11-13-26(21,22)3;/h17-23H,4-16H2,1-3H3,(H,27,28)(H2,29,30,31)(H,32,33,34);/q;+1/p-1/t17?,18?,19-,20?,21-,22?,23?,25+,26-;/m1./s1. The molecule has 9 nitrogen and oxygen atoms in total. The quantitative estimate of drug-likeness (QED) is 0.207. The van der Waals surface area contributed by atoms with E-state index in [1.807, 2.05) is 0 Å². The summed E-state index contributed by atoms with van der Waals surface area (Å²) < 4.78 is 48.7. The van der Waals surface area contributed by atoms with Gasteiger partial charge in [0.25, 0.3) is 0 Å². The average Bonchev–Trinajstić information content (AvgIpc) is 3.13. The zero-order valence-corrected chi connectivity index (χ0v) is 27.1. The number of carbonyl (C=O) groups excluding carboxylic acids is 1. The molecule has 0 radical (unpaired) electrons. The molecule has 4 fully saturated rings. The van der Waals surface area contributed by atoms with Crippen LogP contribution in [0.5, 0.6) is 0 Å². The summed E-state index contributed by atoms with van der Waals surface area (Å²) in [4.78, 5) is 30.8. The number of phosphoric acid groups is 1. The largest absolute Gasteiger partial charge is 1.00 e. The van der Waals surface area contributed by atoms with Crippen molar-refractivity contribution in [3.63, 3.8) is 0 Å². The molecule has 0 saturated heterocycles. The number of fused-ring (bicyclic) bond motifs is 5. The Morgan fingerprint density at radius 2 is 1.74 bits per heavy atom. The van der Waals surface area contributed by atoms with E-state index >= 15 is 0 Å². The van der Waals surface area contributed by atoms with E-state index in [0.717, 1.165) is 25.7 Å². The van der Waals surface area contributed by atoms with Crippen molar-refractivity contribution < 1.29 is 66.2 Å². The Morgan fingerprint density at radius 1 is 1.08 bits per heavy atom. The van der Waals surface area contributed by atoms with Gasteiger partial charge >= 0.3 is 37.4 Å². The molecule has 0 aromatic heterocycles. The van der Waals surface area contributed by atoms with Crippen molar-refractivity contribution in [2.45, 2.75) is 97.5 Å². The van der Waals surface area contributed by atoms with Gasteiger partial charge < -0.3 is 19.7 Å². The molecule has 4 aliphatic carbocycles. The van der Waals surface area contributed by atoms with Gasteiger partial charge in [-0.2, -0.15) is 0 Å². The minimum Gasteiger partial charge on any atom is -0.748 e. The number of nitrogens with one attached hydrogen (secondary N) is 1. The molecule has 38 heavy (non-hydrogen) atoms. The summed E-state index contributed by atoms with van der Waals surface area (Å²) in [6.07, 6.45) is 10.3. The number of hydrogen-bond acceptors (Lipinski definition) is 6. The molecule has 4 rings (SSSR count). The van der Waals surface area contributed by atoms with Crippen LogP contribution < -0.4 is 34.9 Å². The van der Waals surface area contributed by atoms with Gasteiger partial charge in [0.1, 0.15) is 0 Å². The van der Waals surface area contributed by atoms with Crippen molar-refractivity contribution in [1.29, 1.82) is 0 Å². The topological polar surface area (TPSA) is 153 Å². The SMILES string of the molecule is CC(CCC(=O)NCCS(=O)(=O)[O-])[C@H]1CCC2C3CCC4C[C@H](OP(=O)(O)O)CC[C@]4(C)C3CC[C@@]21C.[Na+]. The molecule has 0 bridgehead atoms. The first-order valence-electron chi connectivity index (χ1n) is 14.1. The maximum absolute atomic E-state index is 12.2. The molecule has 3 N–H and O–H groups in total. The van der Waals surface area contributed by atoms with Crippen molar-refractivity contribution in [1.82, 2.24) is 5.32 Å². The second kappa shape index (κ2) is 12.4. The van der Waals surface area contributed by atoms with Gasteiger partial charge in [-0.05, 0) is 111 Å². The smallest absolute Gasteiger partial charge is 0.748 e. The molecule has 5 unspecified atom stereocenters. The normalized spacial score (nSPS) is 39.7. The summed E-state index contributed by atoms with van der Waals surface area (Å²) in [5, 5.41) is 2.56. The fraction of sp³-hybridized carbons (Fsp3) is 0.962. The third-order valence-electron chi connectivity index (χ3n) is 11.2. The van der Waals surface area contributed by atoms with Gasteiger partial charge in [-0.3, -0.25) is 9.32 Å². The van der Waals surface area contributed by atoms with Crippen LogP contribution in [-0.2, 0) is 24.0 Å². The molecule has 9 atom stereocenters. The fourth-order valence-electron chi connectivity index (χ4n) is 9.45. The summed E-state index contributed by atoms with van der Waals surface area (Å²) in [6, 6.07) is 0. The van der Waals surface area contributed by atoms with E-state index in [0.29, 0.717) is 48.3 Å². The Balaban J connectivity index is 0.00000400. The first-order chi connectivity index (χ1) is 17.1. The summed E-state index contributed by atoms with van der Waals surface area (Å²) in [5.41, 5.74) is 0.468. The molecule has 214 valence electrons. The van der Waals surface area contributed by atoms with Crippen LogP contribution in [0.4, 0.5) is 0 Å². The van der Waals surface area contributed by atoms with E-state index in [1.165, 1.54) is 32.1 Å². The van der Waals surface area contributed by atoms with Crippen molar-refractivity contribution in [3.8, 4) is 0 Å². The molecule has 0 aromatic rings. The molecule has 1 amide bonds. The molecular formula is C26H45NNaO8PS. The molecule has 12 heteroatoms. The Bertz CT molecular complexity index is 1010. The Morgan fingerprint density at radius 3 is 2.39 bits per heavy atom. The van der Waals surface area contributed by atoms with Crippen molar-refractivity contribution in [2.75, 3.05) is 12.3 Å². The second-order valence-corrected chi connectivity index (χ2v) is 15.7. The van der Waals surface area contributed by atoms with E-state index in [4.69, 9.17) is 4.52 Å². The van der Waals surface area contributed by atoms with Gasteiger partial charge in [-0.25, -0.2) is 13.0 Å². The van der Waals surface area contributed by atoms with Gasteiger partial charge in [0.2, 0.25) is 5.91 Å². The average molecular weight is 586 g/mol. The molecule has 4 saturated carbocycles. The first-order valence-corrected chi connectivity index (χ1v) is 17.2. The molecular weight excluding hydrogens is 540 g/mol. The summed E-state index contributed by atoms with van der Waals surface area (Å²) >= 11 is 0. The van der Waals surface area contributed by atoms with Gasteiger partial charge in [-0.1, -0.05) is 20.8 Å². The van der Waals surface area contributed by atoms with Crippen molar-refractivity contribution in [3.05, 3.63) is 0 Å². The van der Waals surface area contributed by atoms with Crippen LogP contribution in [0.3, 0.4) is 0 Å². The molecule has 0 spiro atoms. The Kier molecular flexibility index (Phi) is 10.8. The van der Waals surface area contributed by atoms with Gasteiger partial charge in [0.05, 0.1) is 22.0 Å². The maximum Gasteiger partial charge on any atom is 1.00 e. The van der Waals surface area contributed by atoms with E-state index in [1.54, 1.807) is 0 Å². The van der Waals surface area contributed by atoms with Crippen LogP contribution in [0.2, 0.25) is 0 Å². The van der Waals surface area contributed by atoms with E-state index in [9.17, 15) is 32.1 Å². The van der Waals surface area contributed by atoms with E-state index in [-0.39, 0.29) is 58.9 Å². The zero-order chi connectivity index (χ0) is 27.2. The van der Waals surface area contributed by atoms with E-state index < -0.39 is 23.7 Å². The van der Waals surface area contributed by atoms with Gasteiger partial charge in [0.15, 0.2) is 0 Å². The molecule has 0 aliphatic heterocycles. The number of hydrogen-bond donors (Lipinski definition) is 3. The van der Waals surface area contributed by atoms with Crippen LogP contribution in [0.15, 0.2) is 0 Å². The second-order valence-electron chi connectivity index (χ2n) is 13.0. The minimum absolute atomic E-state index is 0. The minimum atomic E-state index is -4.46. The Hall–Kier alpha value is 0.490. The third kappa shape index (κ3) is 7.27. The van der Waals surface area contributed by atoms with Crippen molar-refractivity contribution >= 4 is 23.8 Å². The monoisotopic (exact) mass is 585 g/mol. The Labute approximate surface area is 250 Å².